The molecule has 0 saturated carbocycles. The van der Waals surface area contributed by atoms with E-state index in [4.69, 9.17) is 11.6 Å². The average molecular weight is 353 g/mol. The van der Waals surface area contributed by atoms with Gasteiger partial charge in [-0.2, -0.15) is 5.26 Å². The first kappa shape index (κ1) is 16.4. The van der Waals surface area contributed by atoms with Crippen molar-refractivity contribution in [2.45, 2.75) is 6.92 Å². The molecule has 3 nitrogen and oxygen atoms in total. The largest absolute Gasteiger partial charge is 0.307 e. The molecule has 0 aromatic heterocycles. The van der Waals surface area contributed by atoms with Crippen molar-refractivity contribution in [3.63, 3.8) is 0 Å². The van der Waals surface area contributed by atoms with Crippen molar-refractivity contribution in [2.24, 2.45) is 0 Å². The van der Waals surface area contributed by atoms with E-state index < -0.39 is 0 Å². The van der Waals surface area contributed by atoms with Gasteiger partial charge in [0.2, 0.25) is 5.78 Å². The number of allylic oxidation sites excluding steroid dienone is 2. The highest BCUT2D eigenvalue weighted by Crippen LogP contribution is 2.40. The standard InChI is InChI=1S/C19H13ClN2OS/c1-13-12-24-19(22(13)16-5-3-2-4-6-16)17(11-21)18(23)14-7-9-15(20)10-8-14/h2-10,12H,1H3/b19-17-. The van der Waals surface area contributed by atoms with Crippen LogP contribution in [0.1, 0.15) is 17.3 Å². The van der Waals surface area contributed by atoms with E-state index in [1.165, 1.54) is 11.8 Å². The van der Waals surface area contributed by atoms with Gasteiger partial charge in [0.1, 0.15) is 16.7 Å². The van der Waals surface area contributed by atoms with E-state index in [0.717, 1.165) is 11.4 Å². The normalized spacial score (nSPS) is 15.7. The number of Topliss-reactive ketones (excluding diaryl/α,β-unsaturated/α-hetero) is 1. The Morgan fingerprint density at radius 1 is 1.12 bits per heavy atom. The first-order chi connectivity index (χ1) is 11.6. The van der Waals surface area contributed by atoms with E-state index in [2.05, 4.69) is 6.07 Å². The molecular weight excluding hydrogens is 340 g/mol. The molecule has 0 N–H and O–H groups in total. The van der Waals surface area contributed by atoms with Gasteiger partial charge in [0.15, 0.2) is 0 Å². The summed E-state index contributed by atoms with van der Waals surface area (Å²) in [7, 11) is 0. The maximum atomic E-state index is 12.8. The fraction of sp³-hybridized carbons (Fsp3) is 0.0526. The lowest BCUT2D eigenvalue weighted by molar-refractivity contribution is 0.103. The summed E-state index contributed by atoms with van der Waals surface area (Å²) < 4.78 is 0. The summed E-state index contributed by atoms with van der Waals surface area (Å²) in [5.74, 6) is -0.305. The highest BCUT2D eigenvalue weighted by atomic mass is 35.5. The summed E-state index contributed by atoms with van der Waals surface area (Å²) >= 11 is 7.26. The van der Waals surface area contributed by atoms with Gasteiger partial charge < -0.3 is 4.90 Å². The molecule has 0 aliphatic carbocycles. The predicted molar refractivity (Wildman–Crippen MR) is 98.7 cm³/mol. The summed E-state index contributed by atoms with van der Waals surface area (Å²) in [4.78, 5) is 14.7. The van der Waals surface area contributed by atoms with Crippen molar-refractivity contribution < 1.29 is 4.79 Å². The molecular formula is C19H13ClN2OS. The maximum absolute atomic E-state index is 12.8. The number of para-hydroxylation sites is 1. The predicted octanol–water partition coefficient (Wildman–Crippen LogP) is 5.37. The van der Waals surface area contributed by atoms with Crippen LogP contribution in [0.3, 0.4) is 0 Å². The molecule has 2 aromatic carbocycles. The molecule has 1 aliphatic heterocycles. The van der Waals surface area contributed by atoms with Crippen LogP contribution in [0.25, 0.3) is 0 Å². The zero-order valence-electron chi connectivity index (χ0n) is 12.9. The van der Waals surface area contributed by atoms with E-state index in [9.17, 15) is 10.1 Å². The molecule has 0 unspecified atom stereocenters. The van der Waals surface area contributed by atoms with Gasteiger partial charge in [-0.3, -0.25) is 4.79 Å². The van der Waals surface area contributed by atoms with E-state index in [1.54, 1.807) is 24.3 Å². The number of ketones is 1. The second-order valence-corrected chi connectivity index (χ2v) is 6.47. The number of benzene rings is 2. The molecule has 118 valence electrons. The number of halogens is 1. The minimum Gasteiger partial charge on any atom is -0.307 e. The smallest absolute Gasteiger partial charge is 0.206 e. The minimum absolute atomic E-state index is 0.124. The van der Waals surface area contributed by atoms with Gasteiger partial charge in [0.25, 0.3) is 0 Å². The molecule has 1 aliphatic rings. The Morgan fingerprint density at radius 3 is 2.42 bits per heavy atom. The van der Waals surface area contributed by atoms with E-state index in [-0.39, 0.29) is 11.4 Å². The zero-order valence-corrected chi connectivity index (χ0v) is 14.4. The van der Waals surface area contributed by atoms with Gasteiger partial charge in [-0.1, -0.05) is 41.6 Å². The lowest BCUT2D eigenvalue weighted by Crippen LogP contribution is -2.18. The Morgan fingerprint density at radius 2 is 1.79 bits per heavy atom. The van der Waals surface area contributed by atoms with Crippen molar-refractivity contribution in [3.8, 4) is 6.07 Å². The van der Waals surface area contributed by atoms with Crippen molar-refractivity contribution in [3.05, 3.63) is 86.9 Å². The summed E-state index contributed by atoms with van der Waals surface area (Å²) in [5.41, 5.74) is 2.46. The van der Waals surface area contributed by atoms with Crippen LogP contribution >= 0.6 is 23.4 Å². The van der Waals surface area contributed by atoms with Crippen LogP contribution in [0, 0.1) is 11.3 Å². The van der Waals surface area contributed by atoms with Crippen molar-refractivity contribution in [2.75, 3.05) is 4.90 Å². The topological polar surface area (TPSA) is 44.1 Å². The summed E-state index contributed by atoms with van der Waals surface area (Å²) in [6, 6.07) is 18.3. The summed E-state index contributed by atoms with van der Waals surface area (Å²) in [6.45, 7) is 1.95. The molecule has 2 aromatic rings. The van der Waals surface area contributed by atoms with Crippen LogP contribution in [-0.2, 0) is 0 Å². The molecule has 0 spiro atoms. The number of carbonyl (C=O) groups excluding carboxylic acids is 1. The second kappa shape index (κ2) is 6.96. The number of nitrogens with zero attached hydrogens (tertiary/aromatic N) is 2. The third-order valence-corrected chi connectivity index (χ3v) is 4.89. The van der Waals surface area contributed by atoms with Gasteiger partial charge in [-0.05, 0) is 48.7 Å². The van der Waals surface area contributed by atoms with Gasteiger partial charge in [0.05, 0.1) is 0 Å². The number of thioether (sulfide) groups is 1. The zero-order chi connectivity index (χ0) is 17.1. The Kier molecular flexibility index (Phi) is 4.75. The lowest BCUT2D eigenvalue weighted by atomic mass is 10.0. The van der Waals surface area contributed by atoms with Crippen LogP contribution in [0.15, 0.2) is 76.3 Å². The summed E-state index contributed by atoms with van der Waals surface area (Å²) in [6.07, 6.45) is 0. The molecule has 0 amide bonds. The number of nitriles is 1. The highest BCUT2D eigenvalue weighted by molar-refractivity contribution is 8.06. The SMILES string of the molecule is CC1=CS/C(=C(/C#N)C(=O)c2ccc(Cl)cc2)N1c1ccccc1. The summed E-state index contributed by atoms with van der Waals surface area (Å²) in [5, 5.41) is 12.7. The maximum Gasteiger partial charge on any atom is 0.206 e. The van der Waals surface area contributed by atoms with Gasteiger partial charge in [-0.15, -0.1) is 0 Å². The minimum atomic E-state index is -0.305. The highest BCUT2D eigenvalue weighted by Gasteiger charge is 2.27. The van der Waals surface area contributed by atoms with Gasteiger partial charge in [-0.25, -0.2) is 0 Å². The van der Waals surface area contributed by atoms with Gasteiger partial charge >= 0.3 is 0 Å². The van der Waals surface area contributed by atoms with Crippen molar-refractivity contribution in [1.29, 1.82) is 5.26 Å². The third-order valence-electron chi connectivity index (χ3n) is 3.57. The number of carbonyl (C=O) groups is 1. The van der Waals surface area contributed by atoms with Crippen LogP contribution in [0.2, 0.25) is 5.02 Å². The number of anilines is 1. The molecule has 0 saturated heterocycles. The number of hydrogen-bond donors (Lipinski definition) is 0. The first-order valence-corrected chi connectivity index (χ1v) is 8.51. The monoisotopic (exact) mass is 352 g/mol. The lowest BCUT2D eigenvalue weighted by Gasteiger charge is -2.22. The average Bonchev–Trinajstić information content (AvgIpc) is 2.98. The van der Waals surface area contributed by atoms with E-state index in [0.29, 0.717) is 15.6 Å². The Hall–Kier alpha value is -2.48. The van der Waals surface area contributed by atoms with Crippen LogP contribution in [0.4, 0.5) is 5.69 Å². The molecule has 0 atom stereocenters. The fourth-order valence-corrected chi connectivity index (χ4v) is 3.54. The Bertz CT molecular complexity index is 880. The molecule has 0 radical (unpaired) electrons. The number of rotatable bonds is 3. The fourth-order valence-electron chi connectivity index (χ4n) is 2.42. The van der Waals surface area contributed by atoms with Crippen molar-refractivity contribution in [1.82, 2.24) is 0 Å². The molecule has 5 heteroatoms. The molecule has 0 fully saturated rings. The molecule has 3 rings (SSSR count). The van der Waals surface area contributed by atoms with E-state index >= 15 is 0 Å². The third kappa shape index (κ3) is 3.09. The number of hydrogen-bond acceptors (Lipinski definition) is 4. The molecule has 24 heavy (non-hydrogen) atoms. The van der Waals surface area contributed by atoms with Crippen LogP contribution in [0.5, 0.6) is 0 Å². The molecule has 1 heterocycles. The Labute approximate surface area is 149 Å². The van der Waals surface area contributed by atoms with Gasteiger partial charge in [0, 0.05) is 22.0 Å². The van der Waals surface area contributed by atoms with Crippen LogP contribution in [-0.4, -0.2) is 5.78 Å². The first-order valence-electron chi connectivity index (χ1n) is 7.25. The quantitative estimate of drug-likeness (QED) is 0.423. The second-order valence-electron chi connectivity index (χ2n) is 5.18. The van der Waals surface area contributed by atoms with Crippen molar-refractivity contribution >= 4 is 34.8 Å². The molecule has 0 bridgehead atoms. The van der Waals surface area contributed by atoms with E-state index in [1.807, 2.05) is 47.6 Å². The Balaban J connectivity index is 2.06. The van der Waals surface area contributed by atoms with Crippen LogP contribution < -0.4 is 4.90 Å².